The van der Waals surface area contributed by atoms with E-state index in [1.165, 1.54) is 5.56 Å². The second kappa shape index (κ2) is 9.30. The number of amides is 1. The van der Waals surface area contributed by atoms with Crippen molar-refractivity contribution in [2.75, 3.05) is 57.8 Å². The van der Waals surface area contributed by atoms with Gasteiger partial charge < -0.3 is 15.1 Å². The lowest BCUT2D eigenvalue weighted by Crippen LogP contribution is -2.63. The number of aromatic nitrogens is 2. The van der Waals surface area contributed by atoms with Crippen LogP contribution in [0.2, 0.25) is 0 Å². The average molecular weight is 433 g/mol. The van der Waals surface area contributed by atoms with Crippen LogP contribution >= 0.6 is 0 Å². The molecule has 3 aromatic rings. The van der Waals surface area contributed by atoms with Crippen molar-refractivity contribution in [1.82, 2.24) is 24.7 Å². The molecule has 1 N–H and O–H groups in total. The molecule has 7 nitrogen and oxygen atoms in total. The Balaban J connectivity index is 1.24. The fourth-order valence-corrected chi connectivity index (χ4v) is 4.67. The van der Waals surface area contributed by atoms with Gasteiger partial charge in [0.15, 0.2) is 0 Å². The highest BCUT2D eigenvalue weighted by Crippen LogP contribution is 2.28. The van der Waals surface area contributed by atoms with Gasteiger partial charge >= 0.3 is 6.03 Å². The zero-order valence-corrected chi connectivity index (χ0v) is 18.8. The molecule has 1 aromatic heterocycles. The first-order valence-electron chi connectivity index (χ1n) is 11.7. The fourth-order valence-electron chi connectivity index (χ4n) is 4.67. The quantitative estimate of drug-likeness (QED) is 0.607. The predicted molar refractivity (Wildman–Crippen MR) is 128 cm³/mol. The number of imidazole rings is 1. The summed E-state index contributed by atoms with van der Waals surface area (Å²) in [7, 11) is 2.19. The van der Waals surface area contributed by atoms with Crippen LogP contribution in [0.5, 0.6) is 0 Å². The average Bonchev–Trinajstić information content (AvgIpc) is 3.16. The Labute approximate surface area is 189 Å². The minimum absolute atomic E-state index is 0.0928. The highest BCUT2D eigenvalue weighted by Gasteiger charge is 2.36. The first-order valence-corrected chi connectivity index (χ1v) is 11.7. The number of hydrogen-bond donors (Lipinski definition) is 1. The van der Waals surface area contributed by atoms with Crippen LogP contribution in [0.4, 0.5) is 10.7 Å². The molecule has 2 saturated heterocycles. The van der Waals surface area contributed by atoms with E-state index in [-0.39, 0.29) is 6.03 Å². The second-order valence-corrected chi connectivity index (χ2v) is 8.96. The van der Waals surface area contributed by atoms with Crippen molar-refractivity contribution in [1.29, 1.82) is 0 Å². The van der Waals surface area contributed by atoms with Gasteiger partial charge in [-0.2, -0.15) is 0 Å². The molecule has 2 fully saturated rings. The lowest BCUT2D eigenvalue weighted by atomic mass is 10.1. The minimum Gasteiger partial charge on any atom is -0.339 e. The first kappa shape index (κ1) is 21.0. The zero-order valence-electron chi connectivity index (χ0n) is 18.8. The van der Waals surface area contributed by atoms with Gasteiger partial charge in [-0.05, 0) is 37.6 Å². The lowest BCUT2D eigenvalue weighted by Gasteiger charge is -2.48. The fraction of sp³-hybridized carbons (Fsp3) is 0.440. The molecule has 0 bridgehead atoms. The summed E-state index contributed by atoms with van der Waals surface area (Å²) in [4.78, 5) is 25.2. The number of rotatable bonds is 6. The second-order valence-electron chi connectivity index (χ2n) is 8.96. The molecule has 2 aromatic carbocycles. The Hall–Kier alpha value is -2.90. The van der Waals surface area contributed by atoms with Crippen molar-refractivity contribution < 1.29 is 4.79 Å². The van der Waals surface area contributed by atoms with Crippen molar-refractivity contribution in [3.63, 3.8) is 0 Å². The van der Waals surface area contributed by atoms with Crippen LogP contribution in [0.1, 0.15) is 12.0 Å². The topological polar surface area (TPSA) is 56.6 Å². The first-order chi connectivity index (χ1) is 15.7. The molecule has 0 atom stereocenters. The van der Waals surface area contributed by atoms with E-state index in [9.17, 15) is 4.79 Å². The van der Waals surface area contributed by atoms with Gasteiger partial charge in [-0.3, -0.25) is 4.90 Å². The lowest BCUT2D eigenvalue weighted by molar-refractivity contribution is 0.0956. The van der Waals surface area contributed by atoms with Gasteiger partial charge in [0.05, 0.1) is 11.0 Å². The number of aryl methyl sites for hydroxylation is 1. The van der Waals surface area contributed by atoms with Crippen molar-refractivity contribution in [2.45, 2.75) is 18.9 Å². The smallest absolute Gasteiger partial charge is 0.328 e. The highest BCUT2D eigenvalue weighted by atomic mass is 16.2. The minimum atomic E-state index is -0.0928. The normalized spacial score (nSPS) is 18.1. The van der Waals surface area contributed by atoms with Gasteiger partial charge in [-0.15, -0.1) is 0 Å². The maximum atomic E-state index is 13.2. The molecule has 0 unspecified atom stereocenters. The summed E-state index contributed by atoms with van der Waals surface area (Å²) in [5.41, 5.74) is 3.03. The van der Waals surface area contributed by atoms with Gasteiger partial charge in [-0.1, -0.05) is 42.5 Å². The summed E-state index contributed by atoms with van der Waals surface area (Å²) in [6, 6.07) is 18.8. The largest absolute Gasteiger partial charge is 0.339 e. The third-order valence-electron chi connectivity index (χ3n) is 6.71. The Morgan fingerprint density at radius 3 is 2.50 bits per heavy atom. The van der Waals surface area contributed by atoms with Crippen LogP contribution in [0.25, 0.3) is 11.0 Å². The number of carbonyl (C=O) groups is 1. The number of hydrogen-bond acceptors (Lipinski definition) is 5. The number of nitrogens with zero attached hydrogens (tertiary/aromatic N) is 5. The van der Waals surface area contributed by atoms with Crippen LogP contribution in [-0.4, -0.2) is 84.3 Å². The van der Waals surface area contributed by atoms with Crippen molar-refractivity contribution in [3.8, 4) is 0 Å². The summed E-state index contributed by atoms with van der Waals surface area (Å²) in [5, 5.41) is 3.11. The molecule has 2 aliphatic heterocycles. The molecule has 0 spiro atoms. The number of likely N-dealkylation sites (N-methyl/N-ethyl adjacent to an activating group) is 1. The Morgan fingerprint density at radius 1 is 1.00 bits per heavy atom. The molecule has 0 radical (unpaired) electrons. The van der Waals surface area contributed by atoms with E-state index in [1.807, 2.05) is 30.3 Å². The third-order valence-corrected chi connectivity index (χ3v) is 6.71. The van der Waals surface area contributed by atoms with Gasteiger partial charge in [0.2, 0.25) is 5.95 Å². The number of fused-ring (bicyclic) bond motifs is 1. The van der Waals surface area contributed by atoms with Gasteiger partial charge in [0.1, 0.15) is 0 Å². The molecule has 32 heavy (non-hydrogen) atoms. The summed E-state index contributed by atoms with van der Waals surface area (Å²) in [6.07, 6.45) is 1.87. The summed E-state index contributed by atoms with van der Waals surface area (Å²) < 4.78 is 1.76. The summed E-state index contributed by atoms with van der Waals surface area (Å²) in [5.74, 6) is 0.761. The molecule has 1 amide bonds. The van der Waals surface area contributed by atoms with Gasteiger partial charge in [-0.25, -0.2) is 14.3 Å². The van der Waals surface area contributed by atoms with Gasteiger partial charge in [0.25, 0.3) is 0 Å². The number of anilines is 1. The van der Waals surface area contributed by atoms with Crippen molar-refractivity contribution in [3.05, 3.63) is 60.2 Å². The van der Waals surface area contributed by atoms with Crippen LogP contribution in [-0.2, 0) is 6.42 Å². The molecular weight excluding hydrogens is 400 g/mol. The van der Waals surface area contributed by atoms with Crippen LogP contribution < -0.4 is 10.2 Å². The Bertz CT molecular complexity index is 1050. The Morgan fingerprint density at radius 2 is 1.72 bits per heavy atom. The van der Waals surface area contributed by atoms with Crippen LogP contribution in [0.3, 0.4) is 0 Å². The molecule has 5 rings (SSSR count). The van der Waals surface area contributed by atoms with E-state index >= 15 is 0 Å². The molecule has 0 saturated carbocycles. The third kappa shape index (κ3) is 4.36. The SMILES string of the molecule is CN1CCN(C2CN(c3nc4ccccc4n3C(=O)NCCCc3ccccc3)C2)CC1. The number of carbonyl (C=O) groups excluding carboxylic acids is 1. The van der Waals surface area contributed by atoms with E-state index in [2.05, 4.69) is 51.3 Å². The summed E-state index contributed by atoms with van der Waals surface area (Å²) >= 11 is 0. The predicted octanol–water partition coefficient (Wildman–Crippen LogP) is 2.66. The monoisotopic (exact) mass is 432 g/mol. The van der Waals surface area contributed by atoms with Crippen molar-refractivity contribution >= 4 is 23.0 Å². The number of nitrogens with one attached hydrogen (secondary N) is 1. The van der Waals surface area contributed by atoms with E-state index in [4.69, 9.17) is 4.98 Å². The van der Waals surface area contributed by atoms with E-state index < -0.39 is 0 Å². The zero-order chi connectivity index (χ0) is 21.9. The van der Waals surface area contributed by atoms with Crippen LogP contribution in [0.15, 0.2) is 54.6 Å². The number of benzene rings is 2. The molecule has 2 aliphatic rings. The summed E-state index contributed by atoms with van der Waals surface area (Å²) in [6.45, 7) is 6.98. The maximum Gasteiger partial charge on any atom is 0.328 e. The van der Waals surface area contributed by atoms with E-state index in [1.54, 1.807) is 4.57 Å². The molecule has 0 aliphatic carbocycles. The molecule has 3 heterocycles. The van der Waals surface area contributed by atoms with Gasteiger partial charge in [0, 0.05) is 51.9 Å². The molecule has 168 valence electrons. The van der Waals surface area contributed by atoms with E-state index in [0.29, 0.717) is 12.6 Å². The highest BCUT2D eigenvalue weighted by molar-refractivity contribution is 5.93. The number of piperazine rings is 1. The van der Waals surface area contributed by atoms with E-state index in [0.717, 1.165) is 69.1 Å². The molecule has 7 heteroatoms. The maximum absolute atomic E-state index is 13.2. The van der Waals surface area contributed by atoms with Crippen molar-refractivity contribution in [2.24, 2.45) is 0 Å². The van der Waals surface area contributed by atoms with Crippen LogP contribution in [0, 0.1) is 0 Å². The standard InChI is InChI=1S/C25H32N6O/c1-28-14-16-29(17-15-28)21-18-30(19-21)24-27-22-11-5-6-12-23(22)31(24)25(32)26-13-7-10-20-8-3-2-4-9-20/h2-6,8-9,11-12,21H,7,10,13-19H2,1H3,(H,26,32). The Kier molecular flexibility index (Phi) is 6.10. The number of para-hydroxylation sites is 2. The molecular formula is C25H32N6O.